The van der Waals surface area contributed by atoms with E-state index in [1.807, 2.05) is 20.8 Å². The number of aryl methyl sites for hydroxylation is 1. The van der Waals surface area contributed by atoms with Gasteiger partial charge in [-0.1, -0.05) is 6.42 Å². The zero-order chi connectivity index (χ0) is 28.0. The van der Waals surface area contributed by atoms with Crippen LogP contribution in [0, 0.1) is 11.7 Å². The number of rotatable bonds is 10. The van der Waals surface area contributed by atoms with Gasteiger partial charge in [0.2, 0.25) is 5.88 Å². The Kier molecular flexibility index (Phi) is 9.25. The second-order valence-corrected chi connectivity index (χ2v) is 11.5. The van der Waals surface area contributed by atoms with E-state index >= 15 is 4.39 Å². The molecular formula is C29H40FN3O6. The first-order chi connectivity index (χ1) is 18.6. The zero-order valence-electron chi connectivity index (χ0n) is 23.4. The van der Waals surface area contributed by atoms with E-state index in [2.05, 4.69) is 15.3 Å². The van der Waals surface area contributed by atoms with Gasteiger partial charge in [0.1, 0.15) is 11.4 Å². The van der Waals surface area contributed by atoms with Gasteiger partial charge in [-0.3, -0.25) is 9.78 Å². The number of esters is 1. The van der Waals surface area contributed by atoms with Gasteiger partial charge in [-0.2, -0.15) is 0 Å². The lowest BCUT2D eigenvalue weighted by atomic mass is 9.71. The average Bonchev–Trinajstić information content (AvgIpc) is 2.87. The lowest BCUT2D eigenvalue weighted by molar-refractivity contribution is -0.143. The molecule has 0 aromatic carbocycles. The molecule has 0 radical (unpaired) electrons. The van der Waals surface area contributed by atoms with Crippen LogP contribution in [0.5, 0.6) is 5.88 Å². The van der Waals surface area contributed by atoms with E-state index in [1.54, 1.807) is 19.1 Å². The molecule has 1 saturated heterocycles. The summed E-state index contributed by atoms with van der Waals surface area (Å²) in [6, 6.07) is 3.37. The number of amides is 1. The van der Waals surface area contributed by atoms with Gasteiger partial charge in [-0.15, -0.1) is 0 Å². The summed E-state index contributed by atoms with van der Waals surface area (Å²) in [5.74, 6) is -0.0199. The number of fused-ring (bicyclic) bond motifs is 3. The Hall–Kier alpha value is -3.01. The Balaban J connectivity index is 1.39. The molecule has 0 spiro atoms. The number of aromatic nitrogens is 2. The van der Waals surface area contributed by atoms with E-state index in [4.69, 9.17) is 18.9 Å². The first-order valence-corrected chi connectivity index (χ1v) is 13.9. The van der Waals surface area contributed by atoms with Crippen LogP contribution in [0.2, 0.25) is 0 Å². The van der Waals surface area contributed by atoms with E-state index in [0.29, 0.717) is 61.6 Å². The summed E-state index contributed by atoms with van der Waals surface area (Å²) < 4.78 is 37.5. The predicted molar refractivity (Wildman–Crippen MR) is 143 cm³/mol. The second-order valence-electron chi connectivity index (χ2n) is 11.5. The SMILES string of the molecule is CCOC(=O)CCCOc1ccc2ncc(F)c(CCC34CCCC(C3)C(NC(=O)OC(C)(C)C)CO4)c2n1. The fourth-order valence-electron chi connectivity index (χ4n) is 5.54. The highest BCUT2D eigenvalue weighted by atomic mass is 19.1. The Bertz CT molecular complexity index is 1170. The van der Waals surface area contributed by atoms with E-state index in [0.717, 1.165) is 25.7 Å². The van der Waals surface area contributed by atoms with Crippen molar-refractivity contribution in [2.75, 3.05) is 19.8 Å². The number of alkyl carbamates (subject to hydrolysis) is 1. The molecule has 214 valence electrons. The number of hydrogen-bond donors (Lipinski definition) is 1. The Morgan fingerprint density at radius 3 is 2.87 bits per heavy atom. The minimum absolute atomic E-state index is 0.100. The molecule has 2 bridgehead atoms. The molecule has 4 rings (SSSR count). The van der Waals surface area contributed by atoms with E-state index in [1.165, 1.54) is 6.20 Å². The van der Waals surface area contributed by atoms with Crippen molar-refractivity contribution in [2.24, 2.45) is 5.92 Å². The zero-order valence-corrected chi connectivity index (χ0v) is 23.4. The van der Waals surface area contributed by atoms with Crippen molar-refractivity contribution in [3.63, 3.8) is 0 Å². The minimum atomic E-state index is -0.561. The van der Waals surface area contributed by atoms with Crippen molar-refractivity contribution >= 4 is 23.1 Å². The molecule has 3 unspecified atom stereocenters. The Labute approximate surface area is 229 Å². The molecular weight excluding hydrogens is 505 g/mol. The number of carbonyl (C=O) groups is 2. The maximum atomic E-state index is 15.0. The Morgan fingerprint density at radius 1 is 1.28 bits per heavy atom. The molecule has 1 N–H and O–H groups in total. The molecule has 10 heteroatoms. The number of pyridine rings is 2. The van der Waals surface area contributed by atoms with Crippen LogP contribution in [-0.2, 0) is 25.4 Å². The van der Waals surface area contributed by atoms with Crippen molar-refractivity contribution < 1.29 is 32.9 Å². The topological polar surface area (TPSA) is 109 Å². The minimum Gasteiger partial charge on any atom is -0.478 e. The third-order valence-corrected chi connectivity index (χ3v) is 7.33. The van der Waals surface area contributed by atoms with E-state index in [9.17, 15) is 9.59 Å². The molecule has 3 atom stereocenters. The van der Waals surface area contributed by atoms with Crippen LogP contribution < -0.4 is 10.1 Å². The Morgan fingerprint density at radius 2 is 2.10 bits per heavy atom. The third-order valence-electron chi connectivity index (χ3n) is 7.33. The van der Waals surface area contributed by atoms with Gasteiger partial charge in [0.15, 0.2) is 0 Å². The van der Waals surface area contributed by atoms with Crippen LogP contribution in [0.1, 0.15) is 78.2 Å². The second kappa shape index (κ2) is 12.4. The highest BCUT2D eigenvalue weighted by Crippen LogP contribution is 2.44. The van der Waals surface area contributed by atoms with Crippen LogP contribution in [-0.4, -0.2) is 59.1 Å². The van der Waals surface area contributed by atoms with Gasteiger partial charge >= 0.3 is 12.1 Å². The van der Waals surface area contributed by atoms with Crippen LogP contribution >= 0.6 is 0 Å². The smallest absolute Gasteiger partial charge is 0.407 e. The summed E-state index contributed by atoms with van der Waals surface area (Å²) in [7, 11) is 0. The van der Waals surface area contributed by atoms with Crippen LogP contribution in [0.3, 0.4) is 0 Å². The number of carbonyl (C=O) groups excluding carboxylic acids is 2. The number of hydrogen-bond acceptors (Lipinski definition) is 8. The molecule has 1 aliphatic heterocycles. The molecule has 1 saturated carbocycles. The number of nitrogens with one attached hydrogen (secondary N) is 1. The average molecular weight is 546 g/mol. The molecule has 2 aromatic heterocycles. The highest BCUT2D eigenvalue weighted by molar-refractivity contribution is 5.78. The lowest BCUT2D eigenvalue weighted by Crippen LogP contribution is -2.56. The quantitative estimate of drug-likeness (QED) is 0.317. The van der Waals surface area contributed by atoms with Gasteiger partial charge in [0.25, 0.3) is 0 Å². The van der Waals surface area contributed by atoms with Gasteiger partial charge in [-0.05, 0) is 78.2 Å². The van der Waals surface area contributed by atoms with Crippen LogP contribution in [0.25, 0.3) is 11.0 Å². The van der Waals surface area contributed by atoms with Gasteiger partial charge in [-0.25, -0.2) is 14.2 Å². The fraction of sp³-hybridized carbons (Fsp3) is 0.655. The maximum absolute atomic E-state index is 15.0. The molecule has 39 heavy (non-hydrogen) atoms. The highest BCUT2D eigenvalue weighted by Gasteiger charge is 2.45. The number of halogens is 1. The normalized spacial score (nSPS) is 22.8. The summed E-state index contributed by atoms with van der Waals surface area (Å²) >= 11 is 0. The molecule has 2 aliphatic rings. The first kappa shape index (κ1) is 29.0. The molecule has 1 aliphatic carbocycles. The summed E-state index contributed by atoms with van der Waals surface area (Å²) in [5, 5.41) is 2.99. The number of ether oxygens (including phenoxy) is 4. The molecule has 9 nitrogen and oxygen atoms in total. The van der Waals surface area contributed by atoms with Crippen LogP contribution in [0.15, 0.2) is 18.3 Å². The molecule has 2 fully saturated rings. The van der Waals surface area contributed by atoms with Crippen molar-refractivity contribution in [3.8, 4) is 5.88 Å². The van der Waals surface area contributed by atoms with Gasteiger partial charge in [0.05, 0.1) is 48.7 Å². The molecule has 1 amide bonds. The summed E-state index contributed by atoms with van der Waals surface area (Å²) in [5.41, 5.74) is 0.635. The predicted octanol–water partition coefficient (Wildman–Crippen LogP) is 5.28. The summed E-state index contributed by atoms with van der Waals surface area (Å²) in [6.45, 7) is 8.35. The van der Waals surface area contributed by atoms with Crippen molar-refractivity contribution in [3.05, 3.63) is 29.7 Å². The fourth-order valence-corrected chi connectivity index (χ4v) is 5.54. The van der Waals surface area contributed by atoms with Crippen molar-refractivity contribution in [1.82, 2.24) is 15.3 Å². The maximum Gasteiger partial charge on any atom is 0.407 e. The molecule has 3 heterocycles. The van der Waals surface area contributed by atoms with Crippen molar-refractivity contribution in [1.29, 1.82) is 0 Å². The summed E-state index contributed by atoms with van der Waals surface area (Å²) in [4.78, 5) is 32.6. The third kappa shape index (κ3) is 7.77. The van der Waals surface area contributed by atoms with Crippen LogP contribution in [0.4, 0.5) is 9.18 Å². The van der Waals surface area contributed by atoms with Gasteiger partial charge in [0, 0.05) is 18.1 Å². The van der Waals surface area contributed by atoms with Crippen molar-refractivity contribution in [2.45, 2.75) is 96.3 Å². The largest absolute Gasteiger partial charge is 0.478 e. The monoisotopic (exact) mass is 545 g/mol. The number of nitrogens with zero attached hydrogens (tertiary/aromatic N) is 2. The summed E-state index contributed by atoms with van der Waals surface area (Å²) in [6.07, 6.45) is 6.36. The lowest BCUT2D eigenvalue weighted by Gasteiger charge is -2.48. The standard InChI is InChI=1S/C29H40FN3O6/c1-5-36-25(34)9-7-15-37-24-11-10-22-26(33-24)20(21(30)17-31-22)12-14-29-13-6-8-19(16-29)23(18-38-29)32-27(35)39-28(2,3)4/h10-11,17,19,23H,5-9,12-16,18H2,1-4H3,(H,32,35). The van der Waals surface area contributed by atoms with Gasteiger partial charge < -0.3 is 24.3 Å². The van der Waals surface area contributed by atoms with E-state index < -0.39 is 17.5 Å². The van der Waals surface area contributed by atoms with E-state index in [-0.39, 0.29) is 30.0 Å². The molecule has 2 aromatic rings. The first-order valence-electron chi connectivity index (χ1n) is 13.9.